The standard InChI is InChI=1S/C17H18N2O2S/c1-12(20)18-14-8-6-13(7-9-14)17(21)19-10-2-4-15(19)16-5-3-11-22-16/h3,5-9,11,15H,2,4,10H2,1H3,(H,18,20). The van der Waals surface area contributed by atoms with E-state index in [-0.39, 0.29) is 17.9 Å². The SMILES string of the molecule is CC(=O)Nc1ccc(C(=O)N2CCCC2c2cccs2)cc1. The number of anilines is 1. The molecule has 0 radical (unpaired) electrons. The molecule has 1 atom stereocenters. The van der Waals surface area contributed by atoms with Crippen molar-refractivity contribution in [2.45, 2.75) is 25.8 Å². The van der Waals surface area contributed by atoms with Crippen LogP contribution in [0.25, 0.3) is 0 Å². The first kappa shape index (κ1) is 14.8. The summed E-state index contributed by atoms with van der Waals surface area (Å²) in [5, 5.41) is 4.76. The number of nitrogens with one attached hydrogen (secondary N) is 1. The summed E-state index contributed by atoms with van der Waals surface area (Å²) in [6.45, 7) is 2.27. The maximum Gasteiger partial charge on any atom is 0.254 e. The molecule has 0 spiro atoms. The molecule has 4 nitrogen and oxygen atoms in total. The average molecular weight is 314 g/mol. The molecule has 22 heavy (non-hydrogen) atoms. The minimum absolute atomic E-state index is 0.0604. The third-order valence-corrected chi connectivity index (χ3v) is 4.81. The summed E-state index contributed by atoms with van der Waals surface area (Å²) >= 11 is 1.70. The lowest BCUT2D eigenvalue weighted by Crippen LogP contribution is -2.30. The predicted octanol–water partition coefficient (Wildman–Crippen LogP) is 3.68. The molecule has 1 aromatic heterocycles. The van der Waals surface area contributed by atoms with Crippen LogP contribution in [0.2, 0.25) is 0 Å². The van der Waals surface area contributed by atoms with Gasteiger partial charge in [-0.25, -0.2) is 0 Å². The maximum atomic E-state index is 12.7. The topological polar surface area (TPSA) is 49.4 Å². The highest BCUT2D eigenvalue weighted by Gasteiger charge is 2.31. The Labute approximate surface area is 133 Å². The van der Waals surface area contributed by atoms with Gasteiger partial charge in [-0.2, -0.15) is 0 Å². The zero-order valence-electron chi connectivity index (χ0n) is 12.4. The minimum atomic E-state index is -0.114. The van der Waals surface area contributed by atoms with E-state index in [0.29, 0.717) is 11.3 Å². The fourth-order valence-corrected chi connectivity index (χ4v) is 3.73. The van der Waals surface area contributed by atoms with Gasteiger partial charge in [-0.05, 0) is 48.6 Å². The maximum absolute atomic E-state index is 12.7. The van der Waals surface area contributed by atoms with Gasteiger partial charge in [0.05, 0.1) is 6.04 Å². The van der Waals surface area contributed by atoms with E-state index in [1.165, 1.54) is 11.8 Å². The summed E-state index contributed by atoms with van der Waals surface area (Å²) < 4.78 is 0. The number of rotatable bonds is 3. The van der Waals surface area contributed by atoms with Crippen LogP contribution in [-0.2, 0) is 4.79 Å². The van der Waals surface area contributed by atoms with E-state index >= 15 is 0 Å². The largest absolute Gasteiger partial charge is 0.331 e. The second-order valence-electron chi connectivity index (χ2n) is 5.43. The first-order chi connectivity index (χ1) is 10.6. The van der Waals surface area contributed by atoms with Crippen molar-refractivity contribution in [1.82, 2.24) is 4.90 Å². The van der Waals surface area contributed by atoms with Gasteiger partial charge in [0.25, 0.3) is 5.91 Å². The van der Waals surface area contributed by atoms with Crippen molar-refractivity contribution in [2.75, 3.05) is 11.9 Å². The zero-order chi connectivity index (χ0) is 15.5. The lowest BCUT2D eigenvalue weighted by molar-refractivity contribution is -0.114. The lowest BCUT2D eigenvalue weighted by Gasteiger charge is -2.24. The van der Waals surface area contributed by atoms with E-state index in [2.05, 4.69) is 16.8 Å². The second-order valence-corrected chi connectivity index (χ2v) is 6.41. The summed E-state index contributed by atoms with van der Waals surface area (Å²) in [5.41, 5.74) is 1.37. The molecule has 1 N–H and O–H groups in total. The Bertz CT molecular complexity index is 664. The molecular formula is C17H18N2O2S. The summed E-state index contributed by atoms with van der Waals surface area (Å²) in [7, 11) is 0. The molecule has 1 aliphatic rings. The molecule has 2 heterocycles. The Kier molecular flexibility index (Phi) is 4.24. The minimum Gasteiger partial charge on any atom is -0.331 e. The number of amides is 2. The summed E-state index contributed by atoms with van der Waals surface area (Å²) in [4.78, 5) is 27.0. The fraction of sp³-hybridized carbons (Fsp3) is 0.294. The van der Waals surface area contributed by atoms with Gasteiger partial charge in [-0.1, -0.05) is 6.07 Å². The number of hydrogen-bond acceptors (Lipinski definition) is 3. The number of hydrogen-bond donors (Lipinski definition) is 1. The van der Waals surface area contributed by atoms with Crippen molar-refractivity contribution < 1.29 is 9.59 Å². The van der Waals surface area contributed by atoms with Crippen LogP contribution in [0.15, 0.2) is 41.8 Å². The van der Waals surface area contributed by atoms with Crippen LogP contribution in [0.4, 0.5) is 5.69 Å². The van der Waals surface area contributed by atoms with E-state index in [1.807, 2.05) is 11.0 Å². The molecule has 1 saturated heterocycles. The number of benzene rings is 1. The van der Waals surface area contributed by atoms with Crippen molar-refractivity contribution in [2.24, 2.45) is 0 Å². The summed E-state index contributed by atoms with van der Waals surface area (Å²) in [6.07, 6.45) is 2.06. The molecule has 1 aliphatic heterocycles. The molecular weight excluding hydrogens is 296 g/mol. The van der Waals surface area contributed by atoms with E-state index in [9.17, 15) is 9.59 Å². The van der Waals surface area contributed by atoms with E-state index in [4.69, 9.17) is 0 Å². The van der Waals surface area contributed by atoms with Crippen molar-refractivity contribution in [3.63, 3.8) is 0 Å². The van der Waals surface area contributed by atoms with E-state index in [0.717, 1.165) is 19.4 Å². The molecule has 3 rings (SSSR count). The first-order valence-corrected chi connectivity index (χ1v) is 8.25. The monoisotopic (exact) mass is 314 g/mol. The first-order valence-electron chi connectivity index (χ1n) is 7.37. The molecule has 1 unspecified atom stereocenters. The van der Waals surface area contributed by atoms with Gasteiger partial charge in [0.2, 0.25) is 5.91 Å². The van der Waals surface area contributed by atoms with Crippen molar-refractivity contribution in [3.8, 4) is 0 Å². The number of nitrogens with zero attached hydrogens (tertiary/aromatic N) is 1. The second kappa shape index (κ2) is 6.32. The van der Waals surface area contributed by atoms with Gasteiger partial charge in [0.1, 0.15) is 0 Å². The summed E-state index contributed by atoms with van der Waals surface area (Å²) in [6, 6.07) is 11.4. The van der Waals surface area contributed by atoms with Gasteiger partial charge in [-0.15, -0.1) is 11.3 Å². The van der Waals surface area contributed by atoms with Crippen LogP contribution >= 0.6 is 11.3 Å². The molecule has 114 valence electrons. The van der Waals surface area contributed by atoms with Crippen molar-refractivity contribution >= 4 is 28.8 Å². The summed E-state index contributed by atoms with van der Waals surface area (Å²) in [5.74, 6) is -0.0540. The predicted molar refractivity (Wildman–Crippen MR) is 88.1 cm³/mol. The van der Waals surface area contributed by atoms with E-state index < -0.39 is 0 Å². The Hall–Kier alpha value is -2.14. The lowest BCUT2D eigenvalue weighted by atomic mass is 10.1. The number of likely N-dealkylation sites (tertiary alicyclic amines) is 1. The normalized spacial score (nSPS) is 17.5. The molecule has 0 bridgehead atoms. The number of carbonyl (C=O) groups is 2. The molecule has 2 aromatic rings. The smallest absolute Gasteiger partial charge is 0.254 e. The molecule has 1 fully saturated rings. The van der Waals surface area contributed by atoms with Crippen LogP contribution in [0.5, 0.6) is 0 Å². The zero-order valence-corrected chi connectivity index (χ0v) is 13.2. The van der Waals surface area contributed by atoms with Crippen molar-refractivity contribution in [3.05, 3.63) is 52.2 Å². The van der Waals surface area contributed by atoms with Gasteiger partial charge in [-0.3, -0.25) is 9.59 Å². The molecule has 0 saturated carbocycles. The Morgan fingerprint density at radius 1 is 1.23 bits per heavy atom. The molecule has 2 amide bonds. The number of carbonyl (C=O) groups excluding carboxylic acids is 2. The van der Waals surface area contributed by atoms with Gasteiger partial charge >= 0.3 is 0 Å². The third-order valence-electron chi connectivity index (χ3n) is 3.84. The highest BCUT2D eigenvalue weighted by Crippen LogP contribution is 2.35. The fourth-order valence-electron chi connectivity index (χ4n) is 2.85. The quantitative estimate of drug-likeness (QED) is 0.939. The Morgan fingerprint density at radius 3 is 2.64 bits per heavy atom. The average Bonchev–Trinajstić information content (AvgIpc) is 3.17. The van der Waals surface area contributed by atoms with Crippen molar-refractivity contribution in [1.29, 1.82) is 0 Å². The van der Waals surface area contributed by atoms with Gasteiger partial charge in [0, 0.05) is 29.6 Å². The van der Waals surface area contributed by atoms with Crippen LogP contribution in [0, 0.1) is 0 Å². The van der Waals surface area contributed by atoms with Crippen LogP contribution < -0.4 is 5.32 Å². The van der Waals surface area contributed by atoms with Gasteiger partial charge < -0.3 is 10.2 Å². The highest BCUT2D eigenvalue weighted by molar-refractivity contribution is 7.10. The molecule has 0 aliphatic carbocycles. The van der Waals surface area contributed by atoms with Crippen LogP contribution in [0.1, 0.15) is 41.0 Å². The van der Waals surface area contributed by atoms with Gasteiger partial charge in [0.15, 0.2) is 0 Å². The Balaban J connectivity index is 1.76. The van der Waals surface area contributed by atoms with Crippen LogP contribution in [0.3, 0.4) is 0 Å². The Morgan fingerprint density at radius 2 is 2.00 bits per heavy atom. The van der Waals surface area contributed by atoms with Crippen LogP contribution in [-0.4, -0.2) is 23.3 Å². The molecule has 1 aromatic carbocycles. The van der Waals surface area contributed by atoms with E-state index in [1.54, 1.807) is 35.6 Å². The molecule has 5 heteroatoms. The third kappa shape index (κ3) is 3.04. The highest BCUT2D eigenvalue weighted by atomic mass is 32.1. The number of thiophene rings is 1.